The number of hydrogen-bond donors (Lipinski definition) is 1. The second-order valence-corrected chi connectivity index (χ2v) is 5.88. The Labute approximate surface area is 108 Å². The quantitative estimate of drug-likeness (QED) is 0.654. The van der Waals surface area contributed by atoms with E-state index in [1.807, 2.05) is 0 Å². The fourth-order valence-electron chi connectivity index (χ4n) is 2.66. The van der Waals surface area contributed by atoms with Crippen LogP contribution in [0.25, 0.3) is 0 Å². The van der Waals surface area contributed by atoms with Gasteiger partial charge in [-0.2, -0.15) is 0 Å². The van der Waals surface area contributed by atoms with Gasteiger partial charge in [0, 0.05) is 18.1 Å². The van der Waals surface area contributed by atoms with Crippen molar-refractivity contribution in [3.05, 3.63) is 0 Å². The summed E-state index contributed by atoms with van der Waals surface area (Å²) in [7, 11) is 6.74. The van der Waals surface area contributed by atoms with Crippen molar-refractivity contribution in [3.63, 3.8) is 0 Å². The van der Waals surface area contributed by atoms with E-state index in [1.54, 1.807) is 0 Å². The molecule has 1 saturated carbocycles. The monoisotopic (exact) mass is 241 g/mol. The molecule has 1 aliphatic carbocycles. The first-order chi connectivity index (χ1) is 8.02. The molecular formula is C14H31N3. The van der Waals surface area contributed by atoms with E-state index in [4.69, 9.17) is 0 Å². The molecule has 102 valence electrons. The van der Waals surface area contributed by atoms with Crippen LogP contribution in [0.5, 0.6) is 0 Å². The summed E-state index contributed by atoms with van der Waals surface area (Å²) in [5, 5.41) is 3.41. The van der Waals surface area contributed by atoms with E-state index in [-0.39, 0.29) is 0 Å². The largest absolute Gasteiger partial charge is 0.317 e. The Morgan fingerprint density at radius 3 is 2.29 bits per heavy atom. The van der Waals surface area contributed by atoms with Crippen LogP contribution in [0, 0.1) is 0 Å². The van der Waals surface area contributed by atoms with Crippen LogP contribution in [0.1, 0.15) is 39.5 Å². The van der Waals surface area contributed by atoms with E-state index in [1.165, 1.54) is 32.2 Å². The maximum absolute atomic E-state index is 3.41. The third-order valence-corrected chi connectivity index (χ3v) is 4.52. The lowest BCUT2D eigenvalue weighted by molar-refractivity contribution is 0.0173. The van der Waals surface area contributed by atoms with Gasteiger partial charge >= 0.3 is 0 Å². The van der Waals surface area contributed by atoms with Crippen LogP contribution in [0.15, 0.2) is 0 Å². The van der Waals surface area contributed by atoms with Crippen LogP contribution in [-0.2, 0) is 0 Å². The van der Waals surface area contributed by atoms with Gasteiger partial charge < -0.3 is 15.1 Å². The summed E-state index contributed by atoms with van der Waals surface area (Å²) in [5.41, 5.74) is 0.460. The van der Waals surface area contributed by atoms with Crippen LogP contribution in [0.2, 0.25) is 0 Å². The fraction of sp³-hybridized carbons (Fsp3) is 1.00. The molecule has 1 N–H and O–H groups in total. The molecule has 3 heteroatoms. The van der Waals surface area contributed by atoms with Crippen molar-refractivity contribution in [2.24, 2.45) is 0 Å². The van der Waals surface area contributed by atoms with Crippen LogP contribution in [-0.4, -0.2) is 62.2 Å². The van der Waals surface area contributed by atoms with Gasteiger partial charge in [-0.25, -0.2) is 0 Å². The van der Waals surface area contributed by atoms with Gasteiger partial charge in [0.1, 0.15) is 0 Å². The molecular weight excluding hydrogens is 210 g/mol. The molecule has 0 aromatic carbocycles. The predicted octanol–water partition coefficient (Wildman–Crippen LogP) is 1.79. The van der Waals surface area contributed by atoms with Gasteiger partial charge in [0.15, 0.2) is 0 Å². The number of rotatable bonds is 8. The van der Waals surface area contributed by atoms with Crippen molar-refractivity contribution in [2.75, 3.05) is 40.8 Å². The minimum atomic E-state index is 0.460. The first kappa shape index (κ1) is 14.9. The van der Waals surface area contributed by atoms with Gasteiger partial charge in [0.25, 0.3) is 0 Å². The lowest BCUT2D eigenvalue weighted by atomic mass is 9.75. The summed E-state index contributed by atoms with van der Waals surface area (Å²) >= 11 is 0. The highest BCUT2D eigenvalue weighted by atomic mass is 15.2. The van der Waals surface area contributed by atoms with E-state index in [2.05, 4.69) is 50.1 Å². The zero-order valence-electron chi connectivity index (χ0n) is 12.4. The van der Waals surface area contributed by atoms with E-state index in [0.717, 1.165) is 13.1 Å². The van der Waals surface area contributed by atoms with Crippen molar-refractivity contribution in [2.45, 2.75) is 51.1 Å². The predicted molar refractivity (Wildman–Crippen MR) is 75.5 cm³/mol. The zero-order chi connectivity index (χ0) is 12.9. The molecule has 1 atom stereocenters. The summed E-state index contributed by atoms with van der Waals surface area (Å²) < 4.78 is 0. The maximum atomic E-state index is 3.41. The molecule has 0 spiro atoms. The lowest BCUT2D eigenvalue weighted by Crippen LogP contribution is -2.57. The molecule has 1 fully saturated rings. The fourth-order valence-corrected chi connectivity index (χ4v) is 2.66. The minimum Gasteiger partial charge on any atom is -0.317 e. The zero-order valence-corrected chi connectivity index (χ0v) is 12.4. The summed E-state index contributed by atoms with van der Waals surface area (Å²) in [5.74, 6) is 0. The Balaban J connectivity index is 2.34. The Morgan fingerprint density at radius 2 is 1.88 bits per heavy atom. The molecule has 0 aliphatic heterocycles. The molecule has 1 aliphatic rings. The highest BCUT2D eigenvalue weighted by Crippen LogP contribution is 2.36. The Hall–Kier alpha value is -0.120. The summed E-state index contributed by atoms with van der Waals surface area (Å²) in [6, 6.07) is 0.673. The van der Waals surface area contributed by atoms with Gasteiger partial charge in [0.2, 0.25) is 0 Å². The molecule has 0 aromatic rings. The Morgan fingerprint density at radius 1 is 1.24 bits per heavy atom. The van der Waals surface area contributed by atoms with E-state index < -0.39 is 0 Å². The first-order valence-corrected chi connectivity index (χ1v) is 7.10. The molecule has 0 aromatic heterocycles. The number of hydrogen-bond acceptors (Lipinski definition) is 3. The van der Waals surface area contributed by atoms with E-state index in [0.29, 0.717) is 11.6 Å². The lowest BCUT2D eigenvalue weighted by Gasteiger charge is -2.50. The number of nitrogens with one attached hydrogen (secondary N) is 1. The van der Waals surface area contributed by atoms with Crippen molar-refractivity contribution < 1.29 is 0 Å². The molecule has 0 amide bonds. The highest BCUT2D eigenvalue weighted by molar-refractivity contribution is 4.98. The second kappa shape index (κ2) is 6.72. The number of nitrogens with zero attached hydrogens (tertiary/aromatic N) is 2. The molecule has 0 heterocycles. The van der Waals surface area contributed by atoms with Crippen LogP contribution in [0.3, 0.4) is 0 Å². The number of likely N-dealkylation sites (N-methyl/N-ethyl adjacent to an activating group) is 2. The van der Waals surface area contributed by atoms with Gasteiger partial charge in [-0.1, -0.05) is 6.92 Å². The normalized spacial score (nSPS) is 20.6. The van der Waals surface area contributed by atoms with Gasteiger partial charge in [-0.15, -0.1) is 0 Å². The summed E-state index contributed by atoms with van der Waals surface area (Å²) in [6.45, 7) is 7.95. The smallest absolute Gasteiger partial charge is 0.0330 e. The average molecular weight is 241 g/mol. The highest BCUT2D eigenvalue weighted by Gasteiger charge is 2.40. The Bertz CT molecular complexity index is 212. The van der Waals surface area contributed by atoms with Gasteiger partial charge in [0.05, 0.1) is 0 Å². The first-order valence-electron chi connectivity index (χ1n) is 7.10. The second-order valence-electron chi connectivity index (χ2n) is 5.88. The van der Waals surface area contributed by atoms with Gasteiger partial charge in [-0.05, 0) is 66.8 Å². The standard InChI is InChI=1S/C14H31N3/c1-6-15-11-8-13(2)17(5)12-14(16(3)4)9-7-10-14/h13,15H,6-12H2,1-5H3. The van der Waals surface area contributed by atoms with Crippen LogP contribution in [0.4, 0.5) is 0 Å². The SMILES string of the molecule is CCNCCC(C)N(C)CC1(N(C)C)CCC1. The third-order valence-electron chi connectivity index (χ3n) is 4.52. The summed E-state index contributed by atoms with van der Waals surface area (Å²) in [4.78, 5) is 4.97. The molecule has 1 unspecified atom stereocenters. The van der Waals surface area contributed by atoms with Gasteiger partial charge in [-0.3, -0.25) is 0 Å². The molecule has 0 saturated heterocycles. The Kier molecular flexibility index (Phi) is 5.90. The maximum Gasteiger partial charge on any atom is 0.0330 e. The van der Waals surface area contributed by atoms with Crippen molar-refractivity contribution in [3.8, 4) is 0 Å². The van der Waals surface area contributed by atoms with Crippen molar-refractivity contribution in [1.29, 1.82) is 0 Å². The molecule has 3 nitrogen and oxygen atoms in total. The third kappa shape index (κ3) is 3.94. The summed E-state index contributed by atoms with van der Waals surface area (Å²) in [6.07, 6.45) is 5.38. The topological polar surface area (TPSA) is 18.5 Å². The molecule has 0 radical (unpaired) electrons. The molecule has 0 bridgehead atoms. The van der Waals surface area contributed by atoms with E-state index >= 15 is 0 Å². The molecule has 17 heavy (non-hydrogen) atoms. The van der Waals surface area contributed by atoms with E-state index in [9.17, 15) is 0 Å². The van der Waals surface area contributed by atoms with Crippen LogP contribution < -0.4 is 5.32 Å². The average Bonchev–Trinajstić information content (AvgIpc) is 2.22. The minimum absolute atomic E-state index is 0.460. The van der Waals surface area contributed by atoms with Crippen molar-refractivity contribution in [1.82, 2.24) is 15.1 Å². The molecule has 1 rings (SSSR count). The van der Waals surface area contributed by atoms with Crippen LogP contribution >= 0.6 is 0 Å². The van der Waals surface area contributed by atoms with Crippen molar-refractivity contribution >= 4 is 0 Å².